The van der Waals surface area contributed by atoms with Crippen molar-refractivity contribution in [2.45, 2.75) is 19.4 Å². The molecule has 120 valence electrons. The molecule has 2 aromatic carbocycles. The molecule has 4 nitrogen and oxygen atoms in total. The van der Waals surface area contributed by atoms with E-state index in [1.54, 1.807) is 0 Å². The first-order chi connectivity index (χ1) is 11.1. The highest BCUT2D eigenvalue weighted by molar-refractivity contribution is 5.99. The number of nitrogens with zero attached hydrogens (tertiary/aromatic N) is 2. The van der Waals surface area contributed by atoms with Crippen molar-refractivity contribution in [1.29, 1.82) is 0 Å². The lowest BCUT2D eigenvalue weighted by Gasteiger charge is -2.27. The topological polar surface area (TPSA) is 35.6 Å². The second kappa shape index (κ2) is 6.32. The third kappa shape index (κ3) is 3.02. The number of hydrogen-bond donors (Lipinski definition) is 1. The molecule has 0 aliphatic carbocycles. The number of anilines is 3. The van der Waals surface area contributed by atoms with Crippen molar-refractivity contribution < 1.29 is 4.79 Å². The Morgan fingerprint density at radius 2 is 1.83 bits per heavy atom. The summed E-state index contributed by atoms with van der Waals surface area (Å²) in [6.45, 7) is 2.86. The highest BCUT2D eigenvalue weighted by atomic mass is 16.2. The number of carbonyl (C=O) groups excluding carboxylic acids is 1. The fourth-order valence-electron chi connectivity index (χ4n) is 3.11. The Kier molecular flexibility index (Phi) is 4.24. The van der Waals surface area contributed by atoms with E-state index in [-0.39, 0.29) is 11.9 Å². The largest absolute Gasteiger partial charge is 0.376 e. The summed E-state index contributed by atoms with van der Waals surface area (Å²) in [6, 6.07) is 16.0. The zero-order chi connectivity index (χ0) is 16.4. The second-order valence-corrected chi connectivity index (χ2v) is 6.15. The smallest absolute Gasteiger partial charge is 0.246 e. The first-order valence-electron chi connectivity index (χ1n) is 7.99. The van der Waals surface area contributed by atoms with Gasteiger partial charge in [-0.1, -0.05) is 30.3 Å². The minimum Gasteiger partial charge on any atom is -0.376 e. The Hall–Kier alpha value is -2.49. The van der Waals surface area contributed by atoms with Gasteiger partial charge in [-0.15, -0.1) is 0 Å². The lowest BCUT2D eigenvalue weighted by atomic mass is 10.1. The van der Waals surface area contributed by atoms with Crippen LogP contribution in [-0.4, -0.2) is 32.6 Å². The molecule has 3 rings (SSSR count). The van der Waals surface area contributed by atoms with Crippen molar-refractivity contribution in [3.8, 4) is 0 Å². The minimum absolute atomic E-state index is 0.0241. The van der Waals surface area contributed by atoms with Gasteiger partial charge < -0.3 is 15.1 Å². The average molecular weight is 309 g/mol. The lowest BCUT2D eigenvalue weighted by molar-refractivity contribution is -0.117. The van der Waals surface area contributed by atoms with E-state index in [1.807, 2.05) is 56.3 Å². The van der Waals surface area contributed by atoms with Crippen LogP contribution in [0.25, 0.3) is 0 Å². The zero-order valence-electron chi connectivity index (χ0n) is 13.9. The molecule has 0 spiro atoms. The summed E-state index contributed by atoms with van der Waals surface area (Å²) in [5.74, 6) is 0.0241. The quantitative estimate of drug-likeness (QED) is 0.942. The maximum Gasteiger partial charge on any atom is 0.246 e. The van der Waals surface area contributed by atoms with Crippen molar-refractivity contribution in [3.63, 3.8) is 0 Å². The summed E-state index contributed by atoms with van der Waals surface area (Å²) >= 11 is 0. The van der Waals surface area contributed by atoms with Gasteiger partial charge in [0.25, 0.3) is 0 Å². The van der Waals surface area contributed by atoms with Crippen molar-refractivity contribution in [1.82, 2.24) is 0 Å². The van der Waals surface area contributed by atoms with Crippen molar-refractivity contribution in [3.05, 3.63) is 54.1 Å². The Balaban J connectivity index is 1.77. The van der Waals surface area contributed by atoms with E-state index in [0.717, 1.165) is 24.3 Å². The lowest BCUT2D eigenvalue weighted by Crippen LogP contribution is -2.41. The summed E-state index contributed by atoms with van der Waals surface area (Å²) in [6.07, 6.45) is 1.00. The molecule has 1 N–H and O–H groups in total. The van der Waals surface area contributed by atoms with Crippen LogP contribution in [0.3, 0.4) is 0 Å². The highest BCUT2D eigenvalue weighted by Gasteiger charge is 2.27. The molecule has 1 aliphatic heterocycles. The van der Waals surface area contributed by atoms with Crippen LogP contribution in [0.5, 0.6) is 0 Å². The maximum atomic E-state index is 12.7. The van der Waals surface area contributed by atoms with Gasteiger partial charge in [-0.2, -0.15) is 0 Å². The Morgan fingerprint density at radius 1 is 1.13 bits per heavy atom. The number of rotatable bonds is 4. The molecule has 0 aromatic heterocycles. The number of carbonyl (C=O) groups is 1. The molecule has 0 saturated heterocycles. The van der Waals surface area contributed by atoms with E-state index >= 15 is 0 Å². The molecule has 4 heteroatoms. The number of fused-ring (bicyclic) bond motifs is 1. The van der Waals surface area contributed by atoms with Crippen LogP contribution < -0.4 is 15.1 Å². The molecule has 0 radical (unpaired) electrons. The maximum absolute atomic E-state index is 12.7. The summed E-state index contributed by atoms with van der Waals surface area (Å²) in [7, 11) is 3.95. The summed E-state index contributed by atoms with van der Waals surface area (Å²) in [5, 5.41) is 3.08. The Bertz CT molecular complexity index is 711. The third-order valence-electron chi connectivity index (χ3n) is 4.41. The molecule has 23 heavy (non-hydrogen) atoms. The molecule has 1 atom stereocenters. The van der Waals surface area contributed by atoms with Gasteiger partial charge in [0.1, 0.15) is 6.04 Å². The van der Waals surface area contributed by atoms with Crippen LogP contribution >= 0.6 is 0 Å². The molecule has 1 heterocycles. The fourth-order valence-corrected chi connectivity index (χ4v) is 3.11. The first kappa shape index (κ1) is 15.4. The van der Waals surface area contributed by atoms with Gasteiger partial charge in [0.2, 0.25) is 5.91 Å². The molecule has 0 saturated carbocycles. The van der Waals surface area contributed by atoms with Gasteiger partial charge in [0, 0.05) is 26.3 Å². The van der Waals surface area contributed by atoms with Crippen LogP contribution in [0.1, 0.15) is 12.5 Å². The first-order valence-corrected chi connectivity index (χ1v) is 7.99. The minimum atomic E-state index is -0.200. The zero-order valence-corrected chi connectivity index (χ0v) is 13.9. The Labute approximate surface area is 137 Å². The van der Waals surface area contributed by atoms with Gasteiger partial charge in [-0.3, -0.25) is 4.79 Å². The van der Waals surface area contributed by atoms with E-state index < -0.39 is 0 Å². The molecule has 1 unspecified atom stereocenters. The number of hydrogen-bond acceptors (Lipinski definition) is 3. The number of para-hydroxylation sites is 3. The number of nitrogens with one attached hydrogen (secondary N) is 1. The van der Waals surface area contributed by atoms with Gasteiger partial charge in [-0.05, 0) is 37.1 Å². The highest BCUT2D eigenvalue weighted by Crippen LogP contribution is 2.30. The fraction of sp³-hybridized carbons (Fsp3) is 0.316. The molecule has 0 fully saturated rings. The van der Waals surface area contributed by atoms with Crippen LogP contribution in [0.15, 0.2) is 48.5 Å². The van der Waals surface area contributed by atoms with Crippen molar-refractivity contribution >= 4 is 23.0 Å². The third-order valence-corrected chi connectivity index (χ3v) is 4.41. The van der Waals surface area contributed by atoms with Crippen molar-refractivity contribution in [2.75, 3.05) is 35.8 Å². The standard InChI is InChI=1S/C19H23N3O/c1-14(22-13-12-15-8-4-6-10-17(15)22)19(23)20-16-9-5-7-11-18(16)21(2)3/h4-11,14H,12-13H2,1-3H3,(H,20,23). The van der Waals surface area contributed by atoms with E-state index in [1.165, 1.54) is 11.3 Å². The molecular weight excluding hydrogens is 286 g/mol. The molecule has 1 aliphatic rings. The normalized spacial score (nSPS) is 14.3. The van der Waals surface area contributed by atoms with Crippen LogP contribution in [0.4, 0.5) is 17.1 Å². The van der Waals surface area contributed by atoms with Gasteiger partial charge in [0.05, 0.1) is 11.4 Å². The summed E-state index contributed by atoms with van der Waals surface area (Å²) in [5.41, 5.74) is 4.36. The van der Waals surface area contributed by atoms with Crippen LogP contribution in [0, 0.1) is 0 Å². The summed E-state index contributed by atoms with van der Waals surface area (Å²) in [4.78, 5) is 16.9. The molecule has 0 bridgehead atoms. The molecule has 2 aromatic rings. The number of benzene rings is 2. The van der Waals surface area contributed by atoms with E-state index in [0.29, 0.717) is 0 Å². The number of amides is 1. The van der Waals surface area contributed by atoms with Crippen molar-refractivity contribution in [2.24, 2.45) is 0 Å². The van der Waals surface area contributed by atoms with Gasteiger partial charge in [-0.25, -0.2) is 0 Å². The van der Waals surface area contributed by atoms with Crippen LogP contribution in [-0.2, 0) is 11.2 Å². The average Bonchev–Trinajstić information content (AvgIpc) is 2.98. The molecular formula is C19H23N3O. The predicted octanol–water partition coefficient (Wildman–Crippen LogP) is 3.14. The van der Waals surface area contributed by atoms with E-state index in [4.69, 9.17) is 0 Å². The van der Waals surface area contributed by atoms with E-state index in [9.17, 15) is 4.79 Å². The monoisotopic (exact) mass is 309 g/mol. The summed E-state index contributed by atoms with van der Waals surface area (Å²) < 4.78 is 0. The van der Waals surface area contributed by atoms with E-state index in [2.05, 4.69) is 28.4 Å². The SMILES string of the molecule is CC(C(=O)Nc1ccccc1N(C)C)N1CCc2ccccc21. The predicted molar refractivity (Wildman–Crippen MR) is 96.4 cm³/mol. The second-order valence-electron chi connectivity index (χ2n) is 6.15. The van der Waals surface area contributed by atoms with Gasteiger partial charge in [0.15, 0.2) is 0 Å². The van der Waals surface area contributed by atoms with Crippen LogP contribution in [0.2, 0.25) is 0 Å². The molecule has 1 amide bonds. The Morgan fingerprint density at radius 3 is 2.61 bits per heavy atom. The van der Waals surface area contributed by atoms with Gasteiger partial charge >= 0.3 is 0 Å².